The Morgan fingerprint density at radius 3 is 2.38 bits per heavy atom. The fraction of sp³-hybridized carbons (Fsp3) is 0.394. The molecule has 0 fully saturated rings. The summed E-state index contributed by atoms with van der Waals surface area (Å²) in [5, 5.41) is 34.3. The maximum Gasteiger partial charge on any atom is 0.206 e. The van der Waals surface area contributed by atoms with Gasteiger partial charge < -0.3 is 15.3 Å². The largest absolute Gasteiger partial charge is 0.508 e. The average molecular weight is 543 g/mol. The number of allylic oxidation sites excluding steroid dienone is 2. The van der Waals surface area contributed by atoms with E-state index in [0.29, 0.717) is 28.7 Å². The van der Waals surface area contributed by atoms with E-state index < -0.39 is 39.5 Å². The van der Waals surface area contributed by atoms with Crippen LogP contribution in [0.15, 0.2) is 58.9 Å². The number of aliphatic hydroxyl groups excluding tert-OH is 1. The molecule has 0 radical (unpaired) electrons. The first kappa shape index (κ1) is 27.7. The van der Waals surface area contributed by atoms with Crippen molar-refractivity contribution in [2.45, 2.75) is 72.3 Å². The van der Waals surface area contributed by atoms with Crippen LogP contribution in [-0.4, -0.2) is 44.1 Å². The molecule has 0 spiro atoms. The number of phenols is 1. The van der Waals surface area contributed by atoms with Crippen molar-refractivity contribution >= 4 is 23.1 Å². The van der Waals surface area contributed by atoms with Gasteiger partial charge in [0.2, 0.25) is 5.78 Å². The second-order valence-corrected chi connectivity index (χ2v) is 12.2. The van der Waals surface area contributed by atoms with Crippen molar-refractivity contribution < 1.29 is 34.5 Å². The highest BCUT2D eigenvalue weighted by molar-refractivity contribution is 6.25. The minimum atomic E-state index is -2.45. The zero-order chi connectivity index (χ0) is 29.4. The van der Waals surface area contributed by atoms with Gasteiger partial charge in [0.25, 0.3) is 0 Å². The van der Waals surface area contributed by atoms with Crippen molar-refractivity contribution in [3.8, 4) is 16.9 Å². The number of rotatable bonds is 5. The molecule has 208 valence electrons. The number of aliphatic hydroxyl groups is 2. The van der Waals surface area contributed by atoms with Crippen molar-refractivity contribution in [1.82, 2.24) is 0 Å². The summed E-state index contributed by atoms with van der Waals surface area (Å²) < 4.78 is 0. The van der Waals surface area contributed by atoms with Crippen LogP contribution in [0, 0.1) is 10.8 Å². The van der Waals surface area contributed by atoms with E-state index in [-0.39, 0.29) is 47.5 Å². The number of hydrogen-bond donors (Lipinski definition) is 3. The van der Waals surface area contributed by atoms with Crippen LogP contribution >= 0.6 is 0 Å². The number of hydrogen-bond acceptors (Lipinski definition) is 7. The molecular weight excluding hydrogens is 508 g/mol. The molecule has 0 bridgehead atoms. The summed E-state index contributed by atoms with van der Waals surface area (Å²) >= 11 is 0. The molecule has 0 saturated heterocycles. The summed E-state index contributed by atoms with van der Waals surface area (Å²) in [5.41, 5.74) is -1.79. The van der Waals surface area contributed by atoms with Crippen LogP contribution in [0.2, 0.25) is 0 Å². The molecule has 3 N–H and O–H groups in total. The number of benzene rings is 2. The van der Waals surface area contributed by atoms with Gasteiger partial charge in [0, 0.05) is 28.4 Å². The van der Waals surface area contributed by atoms with E-state index in [9.17, 15) is 34.5 Å². The monoisotopic (exact) mass is 542 g/mol. The van der Waals surface area contributed by atoms with Gasteiger partial charge in [0.1, 0.15) is 11.5 Å². The molecule has 0 aliphatic heterocycles. The van der Waals surface area contributed by atoms with Crippen molar-refractivity contribution in [3.05, 3.63) is 75.6 Å². The van der Waals surface area contributed by atoms with Crippen LogP contribution in [0.25, 0.3) is 11.1 Å². The molecule has 5 rings (SSSR count). The molecule has 0 aromatic heterocycles. The molecule has 0 unspecified atom stereocenters. The topological polar surface area (TPSA) is 129 Å². The van der Waals surface area contributed by atoms with Crippen LogP contribution in [0.4, 0.5) is 0 Å². The highest BCUT2D eigenvalue weighted by atomic mass is 16.3. The fourth-order valence-corrected chi connectivity index (χ4v) is 7.53. The van der Waals surface area contributed by atoms with E-state index in [1.807, 2.05) is 19.9 Å². The number of phenolic OH excluding ortho intramolecular Hbond substituents is 1. The standard InChI is InChI=1S/C33H34O7/c1-6-8-23(35)20-10-7-9-19(13-20)21-11-12-24(36)26-22(21)15-31(4)16-32(5)14-17(2)25(18(3)34)29(38)33(32,40)30(39)27(31)28(26)37/h7,9-13,36,39-40H,6,8,14-16H2,1-5H3/t31-,32+,33+/m1/s1. The Morgan fingerprint density at radius 2 is 1.73 bits per heavy atom. The predicted octanol–water partition coefficient (Wildman–Crippen LogP) is 5.62. The number of ketones is 4. The normalized spacial score (nSPS) is 27.8. The van der Waals surface area contributed by atoms with E-state index >= 15 is 0 Å². The van der Waals surface area contributed by atoms with E-state index in [0.717, 1.165) is 12.0 Å². The van der Waals surface area contributed by atoms with E-state index in [2.05, 4.69) is 0 Å². The van der Waals surface area contributed by atoms with Gasteiger partial charge in [-0.2, -0.15) is 0 Å². The van der Waals surface area contributed by atoms with Gasteiger partial charge in [-0.1, -0.05) is 50.6 Å². The van der Waals surface area contributed by atoms with Crippen molar-refractivity contribution in [2.75, 3.05) is 0 Å². The molecule has 2 aromatic rings. The quantitative estimate of drug-likeness (QED) is 0.330. The molecule has 3 atom stereocenters. The zero-order valence-electron chi connectivity index (χ0n) is 23.5. The molecule has 7 heteroatoms. The van der Waals surface area contributed by atoms with Crippen LogP contribution in [0.3, 0.4) is 0 Å². The molecule has 0 amide bonds. The lowest BCUT2D eigenvalue weighted by atomic mass is 9.48. The van der Waals surface area contributed by atoms with E-state index in [1.165, 1.54) is 13.0 Å². The predicted molar refractivity (Wildman–Crippen MR) is 149 cm³/mol. The first-order valence-electron chi connectivity index (χ1n) is 13.7. The van der Waals surface area contributed by atoms with Crippen LogP contribution in [0.5, 0.6) is 5.75 Å². The Balaban J connectivity index is 1.72. The van der Waals surface area contributed by atoms with Gasteiger partial charge in [-0.05, 0) is 68.4 Å². The highest BCUT2D eigenvalue weighted by Gasteiger charge is 2.67. The second kappa shape index (κ2) is 9.10. The Morgan fingerprint density at radius 1 is 1.02 bits per heavy atom. The number of Topliss-reactive ketones (excluding diaryl/α,β-unsaturated/α-hetero) is 4. The Labute approximate surface area is 233 Å². The zero-order valence-corrected chi connectivity index (χ0v) is 23.5. The summed E-state index contributed by atoms with van der Waals surface area (Å²) in [5.74, 6) is -3.08. The molecule has 3 aliphatic carbocycles. The number of carbonyl (C=O) groups excluding carboxylic acids is 4. The second-order valence-electron chi connectivity index (χ2n) is 12.2. The number of carbonyl (C=O) groups is 4. The summed E-state index contributed by atoms with van der Waals surface area (Å²) in [7, 11) is 0. The van der Waals surface area contributed by atoms with Crippen LogP contribution in [-0.2, 0) is 16.0 Å². The molecule has 0 heterocycles. The first-order chi connectivity index (χ1) is 18.7. The highest BCUT2D eigenvalue weighted by Crippen LogP contribution is 2.62. The van der Waals surface area contributed by atoms with Crippen LogP contribution < -0.4 is 0 Å². The minimum absolute atomic E-state index is 0.00390. The lowest BCUT2D eigenvalue weighted by Gasteiger charge is -2.56. The lowest BCUT2D eigenvalue weighted by molar-refractivity contribution is -0.157. The maximum absolute atomic E-state index is 14.1. The van der Waals surface area contributed by atoms with E-state index in [4.69, 9.17) is 0 Å². The Bertz CT molecular complexity index is 1590. The summed E-state index contributed by atoms with van der Waals surface area (Å²) in [6.45, 7) is 8.39. The molecule has 2 aromatic carbocycles. The Hall–Kier alpha value is -3.84. The third kappa shape index (κ3) is 3.67. The molecular formula is C33H34O7. The van der Waals surface area contributed by atoms with Gasteiger partial charge in [-0.15, -0.1) is 0 Å². The van der Waals surface area contributed by atoms with Gasteiger partial charge in [-0.3, -0.25) is 19.2 Å². The van der Waals surface area contributed by atoms with Gasteiger partial charge in [0.05, 0.1) is 11.1 Å². The van der Waals surface area contributed by atoms with Gasteiger partial charge in [-0.25, -0.2) is 0 Å². The lowest BCUT2D eigenvalue weighted by Crippen LogP contribution is -2.63. The third-order valence-electron chi connectivity index (χ3n) is 9.11. The van der Waals surface area contributed by atoms with Gasteiger partial charge in [0.15, 0.2) is 23.0 Å². The molecule has 7 nitrogen and oxygen atoms in total. The molecule has 3 aliphatic rings. The third-order valence-corrected chi connectivity index (χ3v) is 9.11. The summed E-state index contributed by atoms with van der Waals surface area (Å²) in [6.07, 6.45) is 1.75. The fourth-order valence-electron chi connectivity index (χ4n) is 7.53. The summed E-state index contributed by atoms with van der Waals surface area (Å²) in [4.78, 5) is 52.7. The van der Waals surface area contributed by atoms with Gasteiger partial charge >= 0.3 is 0 Å². The number of fused-ring (bicyclic) bond motifs is 3. The van der Waals surface area contributed by atoms with Crippen molar-refractivity contribution in [2.24, 2.45) is 10.8 Å². The first-order valence-corrected chi connectivity index (χ1v) is 13.7. The van der Waals surface area contributed by atoms with Crippen molar-refractivity contribution in [3.63, 3.8) is 0 Å². The molecule has 0 saturated carbocycles. The molecule has 40 heavy (non-hydrogen) atoms. The van der Waals surface area contributed by atoms with Crippen molar-refractivity contribution in [1.29, 1.82) is 0 Å². The van der Waals surface area contributed by atoms with E-state index in [1.54, 1.807) is 38.1 Å². The smallest absolute Gasteiger partial charge is 0.206 e. The summed E-state index contributed by atoms with van der Waals surface area (Å²) in [6, 6.07) is 10.3. The average Bonchev–Trinajstić information content (AvgIpc) is 2.86. The Kier molecular flexibility index (Phi) is 6.30. The van der Waals surface area contributed by atoms with Crippen LogP contribution in [0.1, 0.15) is 86.6 Å². The number of aromatic hydroxyl groups is 1. The SMILES string of the molecule is CCCC(=O)c1cccc(-c2ccc(O)c3c2C[C@]2(C)C[C@]4(C)CC(C)=C(C(C)=O)C(=O)[C@]4(O)C(O)=C2C3=O)c1. The minimum Gasteiger partial charge on any atom is -0.508 e. The maximum atomic E-state index is 14.1.